The van der Waals surface area contributed by atoms with Gasteiger partial charge in [0, 0.05) is 33.6 Å². The monoisotopic (exact) mass is 542 g/mol. The quantitative estimate of drug-likeness (QED) is 0.330. The molecule has 5 rings (SSSR count). The largest absolute Gasteiger partial charge is 0.491 e. The molecule has 1 aliphatic heterocycles. The van der Waals surface area contributed by atoms with E-state index in [9.17, 15) is 9.59 Å². The fourth-order valence-corrected chi connectivity index (χ4v) is 5.88. The summed E-state index contributed by atoms with van der Waals surface area (Å²) in [5.74, 6) is 0.954. The van der Waals surface area contributed by atoms with Gasteiger partial charge in [-0.15, -0.1) is 11.3 Å². The molecule has 1 unspecified atom stereocenters. The summed E-state index contributed by atoms with van der Waals surface area (Å²) in [5.41, 5.74) is 2.57. The van der Waals surface area contributed by atoms with Crippen LogP contribution < -0.4 is 4.74 Å². The van der Waals surface area contributed by atoms with Gasteiger partial charge in [0.2, 0.25) is 5.91 Å². The third kappa shape index (κ3) is 5.72. The van der Waals surface area contributed by atoms with Gasteiger partial charge in [0.25, 0.3) is 5.91 Å². The number of hydrogen-bond acceptors (Lipinski definition) is 4. The van der Waals surface area contributed by atoms with Gasteiger partial charge in [-0.25, -0.2) is 0 Å². The molecule has 2 amide bonds. The van der Waals surface area contributed by atoms with E-state index in [1.54, 1.807) is 40.5 Å². The van der Waals surface area contributed by atoms with E-state index in [1.165, 1.54) is 4.88 Å². The zero-order chi connectivity index (χ0) is 25.2. The fraction of sp³-hybridized carbons (Fsp3) is 0.357. The second kappa shape index (κ2) is 10.8. The highest BCUT2D eigenvalue weighted by Crippen LogP contribution is 2.35. The number of nitrogens with zero attached hydrogens (tertiary/aromatic N) is 2. The highest BCUT2D eigenvalue weighted by Gasteiger charge is 2.35. The van der Waals surface area contributed by atoms with Crippen LogP contribution in [0.25, 0.3) is 0 Å². The Labute approximate surface area is 225 Å². The molecule has 1 aliphatic carbocycles. The van der Waals surface area contributed by atoms with E-state index in [0.29, 0.717) is 41.2 Å². The molecular weight excluding hydrogens is 515 g/mol. The molecule has 1 aromatic heterocycles. The van der Waals surface area contributed by atoms with Gasteiger partial charge in [0.1, 0.15) is 18.9 Å². The third-order valence-electron chi connectivity index (χ3n) is 6.81. The first-order chi connectivity index (χ1) is 17.4. The standard InChI is InChI=1S/C28H28Cl2N2O3S/c1-18-13-22(7-8-24(18)30)35-17-25-23-10-12-36-26(23)9-11-32(25)27(33)16-31(15-19-5-6-19)28(34)20-3-2-4-21(29)14-20/h2-4,7-8,10,12-14,19,25H,5-6,9,11,15-17H2,1H3. The SMILES string of the molecule is Cc1cc(OCC2c3ccsc3CCN2C(=O)CN(CC2CC2)C(=O)c2cccc(Cl)c2)ccc1Cl. The van der Waals surface area contributed by atoms with Crippen molar-refractivity contribution < 1.29 is 14.3 Å². The Kier molecular flexibility index (Phi) is 7.56. The Morgan fingerprint density at radius 3 is 2.72 bits per heavy atom. The van der Waals surface area contributed by atoms with E-state index in [-0.39, 0.29) is 24.4 Å². The van der Waals surface area contributed by atoms with Crippen molar-refractivity contribution >= 4 is 46.4 Å². The molecule has 5 nitrogen and oxygen atoms in total. The maximum atomic E-state index is 13.7. The molecule has 188 valence electrons. The van der Waals surface area contributed by atoms with Gasteiger partial charge in [0.05, 0.1) is 6.04 Å². The van der Waals surface area contributed by atoms with Crippen LogP contribution in [0.2, 0.25) is 10.0 Å². The fourth-order valence-electron chi connectivity index (χ4n) is 4.65. The Morgan fingerprint density at radius 2 is 1.97 bits per heavy atom. The minimum absolute atomic E-state index is 0.0396. The summed E-state index contributed by atoms with van der Waals surface area (Å²) in [7, 11) is 0. The van der Waals surface area contributed by atoms with Crippen LogP contribution in [0.15, 0.2) is 53.9 Å². The Balaban J connectivity index is 1.34. The Morgan fingerprint density at radius 1 is 1.14 bits per heavy atom. The summed E-state index contributed by atoms with van der Waals surface area (Å²) in [6, 6.07) is 14.4. The molecule has 3 aromatic rings. The number of carbonyl (C=O) groups excluding carboxylic acids is 2. The van der Waals surface area contributed by atoms with Gasteiger partial charge in [-0.3, -0.25) is 9.59 Å². The summed E-state index contributed by atoms with van der Waals surface area (Å²) in [5, 5.41) is 3.27. The van der Waals surface area contributed by atoms with E-state index >= 15 is 0 Å². The van der Waals surface area contributed by atoms with Crippen LogP contribution in [-0.4, -0.2) is 47.9 Å². The highest BCUT2D eigenvalue weighted by molar-refractivity contribution is 7.10. The van der Waals surface area contributed by atoms with Crippen LogP contribution in [0.5, 0.6) is 5.75 Å². The maximum Gasteiger partial charge on any atom is 0.254 e. The number of ether oxygens (including phenoxy) is 1. The Hall–Kier alpha value is -2.54. The lowest BCUT2D eigenvalue weighted by atomic mass is 10.00. The third-order valence-corrected chi connectivity index (χ3v) is 8.47. The van der Waals surface area contributed by atoms with Crippen molar-refractivity contribution in [3.05, 3.63) is 85.5 Å². The smallest absolute Gasteiger partial charge is 0.254 e. The van der Waals surface area contributed by atoms with Gasteiger partial charge in [0.15, 0.2) is 0 Å². The zero-order valence-electron chi connectivity index (χ0n) is 20.1. The molecule has 0 saturated heterocycles. The number of hydrogen-bond donors (Lipinski definition) is 0. The second-order valence-electron chi connectivity index (χ2n) is 9.51. The average molecular weight is 544 g/mol. The first-order valence-corrected chi connectivity index (χ1v) is 13.8. The first kappa shape index (κ1) is 25.1. The van der Waals surface area contributed by atoms with Crippen LogP contribution in [-0.2, 0) is 11.2 Å². The predicted octanol–water partition coefficient (Wildman–Crippen LogP) is 6.42. The van der Waals surface area contributed by atoms with Gasteiger partial charge in [-0.2, -0.15) is 0 Å². The van der Waals surface area contributed by atoms with E-state index in [2.05, 4.69) is 11.4 Å². The highest BCUT2D eigenvalue weighted by atomic mass is 35.5. The molecule has 2 aromatic carbocycles. The van der Waals surface area contributed by atoms with Crippen molar-refractivity contribution in [3.63, 3.8) is 0 Å². The number of amides is 2. The summed E-state index contributed by atoms with van der Waals surface area (Å²) >= 11 is 14.0. The van der Waals surface area contributed by atoms with Crippen LogP contribution >= 0.6 is 34.5 Å². The maximum absolute atomic E-state index is 13.7. The zero-order valence-corrected chi connectivity index (χ0v) is 22.4. The van der Waals surface area contributed by atoms with Crippen LogP contribution in [0.3, 0.4) is 0 Å². The van der Waals surface area contributed by atoms with Gasteiger partial charge in [-0.1, -0.05) is 29.3 Å². The Bertz CT molecular complexity index is 1270. The summed E-state index contributed by atoms with van der Waals surface area (Å²) < 4.78 is 6.15. The van der Waals surface area contributed by atoms with Crippen molar-refractivity contribution in [2.45, 2.75) is 32.2 Å². The minimum atomic E-state index is -0.215. The van der Waals surface area contributed by atoms with Crippen LogP contribution in [0, 0.1) is 12.8 Å². The van der Waals surface area contributed by atoms with Crippen LogP contribution in [0.4, 0.5) is 0 Å². The second-order valence-corrected chi connectivity index (χ2v) is 11.4. The van der Waals surface area contributed by atoms with Crippen molar-refractivity contribution in [1.82, 2.24) is 9.80 Å². The molecule has 2 heterocycles. The molecule has 8 heteroatoms. The van der Waals surface area contributed by atoms with Crippen molar-refractivity contribution in [2.24, 2.45) is 5.92 Å². The summed E-state index contributed by atoms with van der Waals surface area (Å²) in [6.45, 7) is 3.50. The molecular formula is C28H28Cl2N2O3S. The van der Waals surface area contributed by atoms with Gasteiger partial charge in [-0.05, 0) is 91.1 Å². The van der Waals surface area contributed by atoms with Crippen molar-refractivity contribution in [3.8, 4) is 5.75 Å². The average Bonchev–Trinajstić information content (AvgIpc) is 3.55. The lowest BCUT2D eigenvalue weighted by molar-refractivity contribution is -0.135. The molecule has 1 saturated carbocycles. The molecule has 1 atom stereocenters. The predicted molar refractivity (Wildman–Crippen MR) is 144 cm³/mol. The van der Waals surface area contributed by atoms with Crippen molar-refractivity contribution in [1.29, 1.82) is 0 Å². The molecule has 0 bridgehead atoms. The van der Waals surface area contributed by atoms with E-state index in [4.69, 9.17) is 27.9 Å². The van der Waals surface area contributed by atoms with E-state index in [1.807, 2.05) is 30.0 Å². The lowest BCUT2D eigenvalue weighted by Crippen LogP contribution is -2.48. The number of carbonyl (C=O) groups is 2. The van der Waals surface area contributed by atoms with E-state index < -0.39 is 0 Å². The number of halogens is 2. The molecule has 0 radical (unpaired) electrons. The van der Waals surface area contributed by atoms with Crippen LogP contribution in [0.1, 0.15) is 45.2 Å². The number of rotatable bonds is 8. The molecule has 1 fully saturated rings. The number of thiophene rings is 1. The normalized spacial score (nSPS) is 17.0. The molecule has 36 heavy (non-hydrogen) atoms. The van der Waals surface area contributed by atoms with Crippen molar-refractivity contribution in [2.75, 3.05) is 26.2 Å². The molecule has 2 aliphatic rings. The van der Waals surface area contributed by atoms with Gasteiger partial charge < -0.3 is 14.5 Å². The first-order valence-electron chi connectivity index (χ1n) is 12.2. The molecule has 0 N–H and O–H groups in total. The number of fused-ring (bicyclic) bond motifs is 1. The summed E-state index contributed by atoms with van der Waals surface area (Å²) in [6.07, 6.45) is 2.99. The number of benzene rings is 2. The van der Waals surface area contributed by atoms with E-state index in [0.717, 1.165) is 36.1 Å². The summed E-state index contributed by atoms with van der Waals surface area (Å²) in [4.78, 5) is 31.9. The number of aryl methyl sites for hydroxylation is 1. The minimum Gasteiger partial charge on any atom is -0.491 e. The van der Waals surface area contributed by atoms with Gasteiger partial charge >= 0.3 is 0 Å². The topological polar surface area (TPSA) is 49.9 Å². The lowest BCUT2D eigenvalue weighted by Gasteiger charge is -2.37. The molecule has 0 spiro atoms.